The molecule has 1 unspecified atom stereocenters. The quantitative estimate of drug-likeness (QED) is 0.737. The molecule has 0 aromatic carbocycles. The Morgan fingerprint density at radius 2 is 2.31 bits per heavy atom. The van der Waals surface area contributed by atoms with E-state index in [1.165, 1.54) is 0 Å². The maximum absolute atomic E-state index is 11.5. The molecule has 0 aromatic rings. The highest BCUT2D eigenvalue weighted by Crippen LogP contribution is 2.07. The Hall–Kier alpha value is -0.810. The van der Waals surface area contributed by atoms with Crippen LogP contribution in [0.4, 0.5) is 4.79 Å². The van der Waals surface area contributed by atoms with Crippen LogP contribution >= 0.6 is 0 Å². The second-order valence-electron chi connectivity index (χ2n) is 4.58. The molecule has 5 heteroatoms. The van der Waals surface area contributed by atoms with Gasteiger partial charge in [-0.15, -0.1) is 0 Å². The number of rotatable bonds is 5. The van der Waals surface area contributed by atoms with Crippen LogP contribution in [0.15, 0.2) is 0 Å². The fraction of sp³-hybridized carbons (Fsp3) is 0.909. The first kappa shape index (κ1) is 13.3. The average Bonchev–Trinajstić information content (AvgIpc) is 2.68. The largest absolute Gasteiger partial charge is 0.379 e. The molecule has 1 atom stereocenters. The predicted octanol–water partition coefficient (Wildman–Crippen LogP) is 0.890. The number of carbonyl (C=O) groups excluding carboxylic acids is 1. The number of hydrogen-bond donors (Lipinski definition) is 2. The summed E-state index contributed by atoms with van der Waals surface area (Å²) >= 11 is 0. The molecule has 0 radical (unpaired) electrons. The van der Waals surface area contributed by atoms with Crippen molar-refractivity contribution in [1.29, 1.82) is 0 Å². The van der Waals surface area contributed by atoms with Crippen LogP contribution in [0.1, 0.15) is 27.2 Å². The van der Waals surface area contributed by atoms with Crippen LogP contribution in [-0.4, -0.2) is 44.0 Å². The van der Waals surface area contributed by atoms with Gasteiger partial charge in [0.15, 0.2) is 0 Å². The van der Waals surface area contributed by atoms with Gasteiger partial charge >= 0.3 is 6.03 Å². The van der Waals surface area contributed by atoms with Gasteiger partial charge in [-0.1, -0.05) is 0 Å². The summed E-state index contributed by atoms with van der Waals surface area (Å²) in [5, 5.41) is 5.67. The van der Waals surface area contributed by atoms with Crippen molar-refractivity contribution < 1.29 is 14.3 Å². The molecule has 0 bridgehead atoms. The lowest BCUT2D eigenvalue weighted by Gasteiger charge is -2.25. The number of carbonyl (C=O) groups is 1. The van der Waals surface area contributed by atoms with Gasteiger partial charge in [-0.05, 0) is 27.2 Å². The van der Waals surface area contributed by atoms with Crippen LogP contribution in [0.2, 0.25) is 0 Å². The van der Waals surface area contributed by atoms with Crippen LogP contribution in [-0.2, 0) is 9.47 Å². The highest BCUT2D eigenvalue weighted by molar-refractivity contribution is 5.74. The Labute approximate surface area is 96.9 Å². The second kappa shape index (κ2) is 6.06. The third-order valence-electron chi connectivity index (χ3n) is 2.47. The molecular formula is C11H22N2O3. The maximum Gasteiger partial charge on any atom is 0.315 e. The minimum Gasteiger partial charge on any atom is -0.379 e. The molecule has 0 saturated carbocycles. The van der Waals surface area contributed by atoms with Crippen LogP contribution < -0.4 is 10.6 Å². The summed E-state index contributed by atoms with van der Waals surface area (Å²) < 4.78 is 10.7. The van der Waals surface area contributed by atoms with E-state index in [0.717, 1.165) is 13.0 Å². The van der Waals surface area contributed by atoms with Gasteiger partial charge in [-0.3, -0.25) is 0 Å². The Balaban J connectivity index is 2.18. The summed E-state index contributed by atoms with van der Waals surface area (Å²) in [6, 6.07) is -0.00140. The zero-order valence-electron chi connectivity index (χ0n) is 10.3. The molecule has 1 rings (SSSR count). The first-order valence-corrected chi connectivity index (χ1v) is 5.79. The summed E-state index contributed by atoms with van der Waals surface area (Å²) in [6.07, 6.45) is 0.891. The molecule has 0 aliphatic carbocycles. The molecule has 94 valence electrons. The summed E-state index contributed by atoms with van der Waals surface area (Å²) in [6.45, 7) is 8.34. The topological polar surface area (TPSA) is 59.6 Å². The van der Waals surface area contributed by atoms with Crippen molar-refractivity contribution in [2.45, 2.75) is 38.8 Å². The average molecular weight is 230 g/mol. The van der Waals surface area contributed by atoms with Crippen molar-refractivity contribution in [1.82, 2.24) is 10.6 Å². The van der Waals surface area contributed by atoms with E-state index in [2.05, 4.69) is 10.6 Å². The van der Waals surface area contributed by atoms with Crippen molar-refractivity contribution in [3.63, 3.8) is 0 Å². The maximum atomic E-state index is 11.5. The Bertz CT molecular complexity index is 225. The number of amides is 2. The minimum absolute atomic E-state index is 0.148. The van der Waals surface area contributed by atoms with Gasteiger partial charge < -0.3 is 20.1 Å². The van der Waals surface area contributed by atoms with Crippen LogP contribution in [0.25, 0.3) is 0 Å². The van der Waals surface area contributed by atoms with E-state index >= 15 is 0 Å². The minimum atomic E-state index is -0.321. The molecule has 1 heterocycles. The lowest BCUT2D eigenvalue weighted by molar-refractivity contribution is -0.00695. The van der Waals surface area contributed by atoms with Gasteiger partial charge in [0, 0.05) is 19.8 Å². The number of nitrogens with one attached hydrogen (secondary N) is 2. The lowest BCUT2D eigenvalue weighted by atomic mass is 10.1. The highest BCUT2D eigenvalue weighted by atomic mass is 16.5. The molecule has 2 N–H and O–H groups in total. The fourth-order valence-corrected chi connectivity index (χ4v) is 1.62. The van der Waals surface area contributed by atoms with Crippen LogP contribution in [0, 0.1) is 0 Å². The summed E-state index contributed by atoms with van der Waals surface area (Å²) in [7, 11) is 0. The summed E-state index contributed by atoms with van der Waals surface area (Å²) in [5.41, 5.74) is -0.321. The highest BCUT2D eigenvalue weighted by Gasteiger charge is 2.21. The van der Waals surface area contributed by atoms with E-state index in [1.54, 1.807) is 0 Å². The zero-order chi connectivity index (χ0) is 12.0. The van der Waals surface area contributed by atoms with E-state index in [1.807, 2.05) is 20.8 Å². The number of hydrogen-bond acceptors (Lipinski definition) is 3. The SMILES string of the molecule is CCOC(C)(C)CNC(=O)NC1CCOC1. The Kier molecular flexibility index (Phi) is 5.02. The molecular weight excluding hydrogens is 208 g/mol. The van der Waals surface area contributed by atoms with Crippen LogP contribution in [0.5, 0.6) is 0 Å². The Morgan fingerprint density at radius 3 is 2.88 bits per heavy atom. The van der Waals surface area contributed by atoms with Crippen molar-refractivity contribution in [3.05, 3.63) is 0 Å². The molecule has 0 spiro atoms. The van der Waals surface area contributed by atoms with Gasteiger partial charge in [0.1, 0.15) is 0 Å². The van der Waals surface area contributed by atoms with Gasteiger partial charge in [0.25, 0.3) is 0 Å². The first-order chi connectivity index (χ1) is 7.53. The monoisotopic (exact) mass is 230 g/mol. The Morgan fingerprint density at radius 1 is 1.56 bits per heavy atom. The van der Waals surface area contributed by atoms with Gasteiger partial charge in [0.05, 0.1) is 18.2 Å². The molecule has 1 aliphatic rings. The number of ether oxygens (including phenoxy) is 2. The lowest BCUT2D eigenvalue weighted by Crippen LogP contribution is -2.47. The van der Waals surface area contributed by atoms with E-state index in [0.29, 0.717) is 19.8 Å². The van der Waals surface area contributed by atoms with E-state index < -0.39 is 0 Å². The van der Waals surface area contributed by atoms with E-state index in [9.17, 15) is 4.79 Å². The molecule has 1 aliphatic heterocycles. The van der Waals surface area contributed by atoms with Gasteiger partial charge in [-0.25, -0.2) is 4.79 Å². The molecule has 1 saturated heterocycles. The van der Waals surface area contributed by atoms with Crippen molar-refractivity contribution >= 4 is 6.03 Å². The predicted molar refractivity (Wildman–Crippen MR) is 61.5 cm³/mol. The molecule has 1 fully saturated rings. The molecule has 2 amide bonds. The standard InChI is InChI=1S/C11H22N2O3/c1-4-16-11(2,3)8-12-10(14)13-9-5-6-15-7-9/h9H,4-8H2,1-3H3,(H2,12,13,14). The summed E-state index contributed by atoms with van der Waals surface area (Å²) in [5.74, 6) is 0. The van der Waals surface area contributed by atoms with Crippen molar-refractivity contribution in [2.24, 2.45) is 0 Å². The van der Waals surface area contributed by atoms with Gasteiger partial charge in [0.2, 0.25) is 0 Å². The van der Waals surface area contributed by atoms with E-state index in [4.69, 9.17) is 9.47 Å². The normalized spacial score (nSPS) is 20.8. The van der Waals surface area contributed by atoms with Crippen molar-refractivity contribution in [3.8, 4) is 0 Å². The molecule has 16 heavy (non-hydrogen) atoms. The third-order valence-corrected chi connectivity index (χ3v) is 2.47. The number of urea groups is 1. The molecule has 0 aromatic heterocycles. The van der Waals surface area contributed by atoms with Crippen LogP contribution in [0.3, 0.4) is 0 Å². The smallest absolute Gasteiger partial charge is 0.315 e. The van der Waals surface area contributed by atoms with E-state index in [-0.39, 0.29) is 17.7 Å². The summed E-state index contributed by atoms with van der Waals surface area (Å²) in [4.78, 5) is 11.5. The van der Waals surface area contributed by atoms with Gasteiger partial charge in [-0.2, -0.15) is 0 Å². The molecule has 5 nitrogen and oxygen atoms in total. The van der Waals surface area contributed by atoms with Crippen molar-refractivity contribution in [2.75, 3.05) is 26.4 Å². The fourth-order valence-electron chi connectivity index (χ4n) is 1.62. The third kappa shape index (κ3) is 4.81. The zero-order valence-corrected chi connectivity index (χ0v) is 10.3. The first-order valence-electron chi connectivity index (χ1n) is 5.79. The second-order valence-corrected chi connectivity index (χ2v) is 4.58.